The van der Waals surface area contributed by atoms with Gasteiger partial charge in [0.1, 0.15) is 16.6 Å². The molecule has 0 bridgehead atoms. The Kier molecular flexibility index (Phi) is 7.09. The van der Waals surface area contributed by atoms with Gasteiger partial charge in [0.05, 0.1) is 36.1 Å². The van der Waals surface area contributed by atoms with Crippen LogP contribution >= 0.6 is 34.7 Å². The summed E-state index contributed by atoms with van der Waals surface area (Å²) >= 11 is 13.0. The number of ether oxygens (including phenoxy) is 3. The summed E-state index contributed by atoms with van der Waals surface area (Å²) in [6.45, 7) is -0.180. The molecule has 0 aliphatic rings. The van der Waals surface area contributed by atoms with Crippen LogP contribution in [-0.2, 0) is 11.3 Å². The number of amides is 1. The van der Waals surface area contributed by atoms with Crippen molar-refractivity contribution in [3.05, 3.63) is 62.6 Å². The number of carbonyl (C=O) groups is 2. The van der Waals surface area contributed by atoms with Crippen molar-refractivity contribution in [3.8, 4) is 11.5 Å². The summed E-state index contributed by atoms with van der Waals surface area (Å²) in [7, 11) is 2.86. The van der Waals surface area contributed by atoms with Crippen molar-refractivity contribution in [3.63, 3.8) is 0 Å². The standard InChI is InChI=1S/C19H15Cl2N3O5S/c1-27-15-7-11(19(26)29-9-14-17(21)30-24-23-14)13(8-16(15)28-2)22-18(25)10-5-3-4-6-12(10)20/h3-8H,9H2,1-2H3,(H,22,25). The molecule has 0 saturated heterocycles. The normalized spacial score (nSPS) is 10.4. The van der Waals surface area contributed by atoms with Gasteiger partial charge < -0.3 is 19.5 Å². The molecule has 8 nitrogen and oxygen atoms in total. The van der Waals surface area contributed by atoms with Crippen LogP contribution in [0.1, 0.15) is 26.4 Å². The van der Waals surface area contributed by atoms with E-state index in [2.05, 4.69) is 14.9 Å². The Morgan fingerprint density at radius 3 is 2.40 bits per heavy atom. The summed E-state index contributed by atoms with van der Waals surface area (Å²) in [5.41, 5.74) is 0.781. The number of anilines is 1. The van der Waals surface area contributed by atoms with Crippen molar-refractivity contribution >= 4 is 52.3 Å². The lowest BCUT2D eigenvalue weighted by atomic mass is 10.1. The average molecular weight is 468 g/mol. The van der Waals surface area contributed by atoms with Crippen LogP contribution in [0.15, 0.2) is 36.4 Å². The number of methoxy groups -OCH3 is 2. The Morgan fingerprint density at radius 2 is 1.77 bits per heavy atom. The van der Waals surface area contributed by atoms with Crippen LogP contribution in [0.2, 0.25) is 9.36 Å². The van der Waals surface area contributed by atoms with Crippen molar-refractivity contribution in [2.24, 2.45) is 0 Å². The van der Waals surface area contributed by atoms with E-state index in [1.807, 2.05) is 0 Å². The number of nitrogens with one attached hydrogen (secondary N) is 1. The summed E-state index contributed by atoms with van der Waals surface area (Å²) in [5.74, 6) is -0.633. The van der Waals surface area contributed by atoms with Gasteiger partial charge in [0.2, 0.25) is 0 Å². The molecule has 11 heteroatoms. The lowest BCUT2D eigenvalue weighted by Crippen LogP contribution is -2.17. The number of hydrogen-bond acceptors (Lipinski definition) is 8. The molecule has 3 rings (SSSR count). The number of carbonyl (C=O) groups excluding carboxylic acids is 2. The maximum absolute atomic E-state index is 12.7. The van der Waals surface area contributed by atoms with Crippen LogP contribution in [0.3, 0.4) is 0 Å². The van der Waals surface area contributed by atoms with Crippen LogP contribution in [0.5, 0.6) is 11.5 Å². The molecule has 0 spiro atoms. The third-order valence-electron chi connectivity index (χ3n) is 3.96. The maximum Gasteiger partial charge on any atom is 0.340 e. The van der Waals surface area contributed by atoms with E-state index in [0.29, 0.717) is 15.8 Å². The first-order valence-electron chi connectivity index (χ1n) is 8.40. The van der Waals surface area contributed by atoms with E-state index in [0.717, 1.165) is 11.5 Å². The van der Waals surface area contributed by atoms with E-state index in [1.54, 1.807) is 24.3 Å². The summed E-state index contributed by atoms with van der Waals surface area (Å²) < 4.78 is 19.8. The number of hydrogen-bond donors (Lipinski definition) is 1. The predicted molar refractivity (Wildman–Crippen MR) is 113 cm³/mol. The first kappa shape index (κ1) is 21.8. The van der Waals surface area contributed by atoms with Crippen molar-refractivity contribution < 1.29 is 23.8 Å². The van der Waals surface area contributed by atoms with Gasteiger partial charge >= 0.3 is 5.97 Å². The zero-order chi connectivity index (χ0) is 21.7. The van der Waals surface area contributed by atoms with Crippen molar-refractivity contribution in [1.29, 1.82) is 0 Å². The highest BCUT2D eigenvalue weighted by Gasteiger charge is 2.22. The minimum absolute atomic E-state index is 0.0485. The van der Waals surface area contributed by atoms with Gasteiger partial charge in [-0.15, -0.1) is 5.10 Å². The van der Waals surface area contributed by atoms with Crippen LogP contribution in [0.4, 0.5) is 5.69 Å². The largest absolute Gasteiger partial charge is 0.493 e. The predicted octanol–water partition coefficient (Wildman–Crippen LogP) is 4.47. The van der Waals surface area contributed by atoms with Gasteiger partial charge in [0.15, 0.2) is 11.5 Å². The van der Waals surface area contributed by atoms with Crippen LogP contribution in [0.25, 0.3) is 0 Å². The molecule has 0 atom stereocenters. The van der Waals surface area contributed by atoms with Gasteiger partial charge in [-0.05, 0) is 12.1 Å². The van der Waals surface area contributed by atoms with Crippen LogP contribution < -0.4 is 14.8 Å². The SMILES string of the molecule is COc1cc(NC(=O)c2ccccc2Cl)c(C(=O)OCc2nnsc2Cl)cc1OC. The van der Waals surface area contributed by atoms with E-state index in [9.17, 15) is 9.59 Å². The Labute approximate surface area is 185 Å². The van der Waals surface area contributed by atoms with Gasteiger partial charge in [-0.3, -0.25) is 4.79 Å². The first-order valence-corrected chi connectivity index (χ1v) is 9.93. The number of benzene rings is 2. The molecule has 0 aliphatic carbocycles. The first-order chi connectivity index (χ1) is 14.4. The van der Waals surface area contributed by atoms with E-state index in [4.69, 9.17) is 37.4 Å². The number of halogens is 2. The molecule has 2 aromatic carbocycles. The van der Waals surface area contributed by atoms with Gasteiger partial charge in [0.25, 0.3) is 5.91 Å². The minimum atomic E-state index is -0.727. The molecule has 3 aromatic rings. The quantitative estimate of drug-likeness (QED) is 0.511. The molecular formula is C19H15Cl2N3O5S. The Morgan fingerprint density at radius 1 is 1.07 bits per heavy atom. The molecule has 0 aliphatic heterocycles. The van der Waals surface area contributed by atoms with Gasteiger partial charge in [-0.2, -0.15) is 0 Å². The molecular weight excluding hydrogens is 453 g/mol. The zero-order valence-electron chi connectivity index (χ0n) is 15.8. The fourth-order valence-electron chi connectivity index (χ4n) is 2.48. The molecule has 1 heterocycles. The monoisotopic (exact) mass is 467 g/mol. The second-order valence-corrected chi connectivity index (χ2v) is 7.52. The molecule has 0 fully saturated rings. The third kappa shape index (κ3) is 4.81. The molecule has 156 valence electrons. The third-order valence-corrected chi connectivity index (χ3v) is 5.27. The Hall–Kier alpha value is -2.88. The molecule has 30 heavy (non-hydrogen) atoms. The van der Waals surface area contributed by atoms with E-state index in [-0.39, 0.29) is 34.2 Å². The molecule has 0 radical (unpaired) electrons. The summed E-state index contributed by atoms with van der Waals surface area (Å²) in [4.78, 5) is 25.4. The highest BCUT2D eigenvalue weighted by molar-refractivity contribution is 7.10. The highest BCUT2D eigenvalue weighted by atomic mass is 35.5. The molecule has 1 aromatic heterocycles. The fraction of sp³-hybridized carbons (Fsp3) is 0.158. The summed E-state index contributed by atoms with van der Waals surface area (Å²) in [6, 6.07) is 9.40. The van der Waals surface area contributed by atoms with Crippen LogP contribution in [-0.4, -0.2) is 35.7 Å². The smallest absolute Gasteiger partial charge is 0.340 e. The van der Waals surface area contributed by atoms with Crippen molar-refractivity contribution in [2.45, 2.75) is 6.61 Å². The second kappa shape index (κ2) is 9.75. The number of rotatable bonds is 7. The summed E-state index contributed by atoms with van der Waals surface area (Å²) in [6.07, 6.45) is 0. The number of aromatic nitrogens is 2. The molecule has 1 N–H and O–H groups in total. The average Bonchev–Trinajstić information content (AvgIpc) is 3.16. The van der Waals surface area contributed by atoms with E-state index >= 15 is 0 Å². The minimum Gasteiger partial charge on any atom is -0.493 e. The number of esters is 1. The van der Waals surface area contributed by atoms with Crippen LogP contribution in [0, 0.1) is 0 Å². The highest BCUT2D eigenvalue weighted by Crippen LogP contribution is 2.34. The van der Waals surface area contributed by atoms with Crippen molar-refractivity contribution in [2.75, 3.05) is 19.5 Å². The summed E-state index contributed by atoms with van der Waals surface area (Å²) in [5, 5.41) is 6.73. The fourth-order valence-corrected chi connectivity index (χ4v) is 3.30. The van der Waals surface area contributed by atoms with Gasteiger partial charge in [-0.1, -0.05) is 39.8 Å². The zero-order valence-corrected chi connectivity index (χ0v) is 18.1. The van der Waals surface area contributed by atoms with Gasteiger partial charge in [-0.25, -0.2) is 4.79 Å². The lowest BCUT2D eigenvalue weighted by Gasteiger charge is -2.15. The van der Waals surface area contributed by atoms with E-state index < -0.39 is 11.9 Å². The molecule has 0 unspecified atom stereocenters. The second-order valence-electron chi connectivity index (χ2n) is 5.76. The Bertz CT molecular complexity index is 1090. The van der Waals surface area contributed by atoms with E-state index in [1.165, 1.54) is 26.4 Å². The topological polar surface area (TPSA) is 99.6 Å². The van der Waals surface area contributed by atoms with Gasteiger partial charge in [0, 0.05) is 23.7 Å². The number of nitrogens with zero attached hydrogens (tertiary/aromatic N) is 2. The molecule has 0 saturated carbocycles. The Balaban J connectivity index is 1.92. The van der Waals surface area contributed by atoms with Crippen molar-refractivity contribution in [1.82, 2.24) is 9.59 Å². The molecule has 1 amide bonds. The maximum atomic E-state index is 12.7. The lowest BCUT2D eigenvalue weighted by molar-refractivity contribution is 0.0468.